The fourth-order valence-corrected chi connectivity index (χ4v) is 1.59. The van der Waals surface area contributed by atoms with Gasteiger partial charge in [0.25, 0.3) is 0 Å². The Balaban J connectivity index is 2.25. The van der Waals surface area contributed by atoms with Gasteiger partial charge in [-0.25, -0.2) is 4.79 Å². The number of carbonyl (C=O) groups is 3. The van der Waals surface area contributed by atoms with E-state index in [2.05, 4.69) is 10.1 Å². The first-order valence-electron chi connectivity index (χ1n) is 6.74. The summed E-state index contributed by atoms with van der Waals surface area (Å²) < 4.78 is 9.52. The molecule has 0 unspecified atom stereocenters. The third-order valence-electron chi connectivity index (χ3n) is 2.75. The van der Waals surface area contributed by atoms with Crippen LogP contribution < -0.4 is 5.32 Å². The first kappa shape index (κ1) is 17.6. The van der Waals surface area contributed by atoms with E-state index in [1.807, 2.05) is 30.3 Å². The number of benzene rings is 1. The molecule has 22 heavy (non-hydrogen) atoms. The third kappa shape index (κ3) is 6.85. The Hall–Kier alpha value is -2.41. The highest BCUT2D eigenvalue weighted by atomic mass is 16.6. The third-order valence-corrected chi connectivity index (χ3v) is 2.75. The molecule has 0 aliphatic carbocycles. The van der Waals surface area contributed by atoms with Gasteiger partial charge in [-0.05, 0) is 5.56 Å². The van der Waals surface area contributed by atoms with Gasteiger partial charge >= 0.3 is 12.1 Å². The number of nitrogens with one attached hydrogen (secondary N) is 1. The SMILES string of the molecule is COC(=O)CNCC(=O)CN(C)C(=O)OCc1ccccc1. The molecular formula is C15H20N2O5. The number of esters is 1. The van der Waals surface area contributed by atoms with E-state index in [9.17, 15) is 14.4 Å². The van der Waals surface area contributed by atoms with Crippen molar-refractivity contribution in [1.29, 1.82) is 0 Å². The molecule has 0 saturated carbocycles. The molecular weight excluding hydrogens is 288 g/mol. The van der Waals surface area contributed by atoms with Crippen LogP contribution in [0, 0.1) is 0 Å². The van der Waals surface area contributed by atoms with Crippen LogP contribution in [0.15, 0.2) is 30.3 Å². The van der Waals surface area contributed by atoms with Crippen LogP contribution in [0.25, 0.3) is 0 Å². The molecule has 120 valence electrons. The number of likely N-dealkylation sites (N-methyl/N-ethyl adjacent to an activating group) is 1. The molecule has 7 nitrogen and oxygen atoms in total. The number of ether oxygens (including phenoxy) is 2. The lowest BCUT2D eigenvalue weighted by atomic mass is 10.2. The monoisotopic (exact) mass is 308 g/mol. The van der Waals surface area contributed by atoms with Gasteiger partial charge in [0, 0.05) is 7.05 Å². The minimum absolute atomic E-state index is 0.0224. The van der Waals surface area contributed by atoms with Crippen LogP contribution in [-0.2, 0) is 25.7 Å². The predicted molar refractivity (Wildman–Crippen MR) is 79.1 cm³/mol. The molecule has 7 heteroatoms. The van der Waals surface area contributed by atoms with Crippen molar-refractivity contribution in [2.45, 2.75) is 6.61 Å². The number of rotatable bonds is 8. The van der Waals surface area contributed by atoms with E-state index in [0.29, 0.717) is 0 Å². The Kier molecular flexibility index (Phi) is 7.63. The summed E-state index contributed by atoms with van der Waals surface area (Å²) in [4.78, 5) is 35.4. The van der Waals surface area contributed by atoms with Crippen molar-refractivity contribution in [2.24, 2.45) is 0 Å². The van der Waals surface area contributed by atoms with Crippen LogP contribution in [0.3, 0.4) is 0 Å². The van der Waals surface area contributed by atoms with Gasteiger partial charge in [0.1, 0.15) is 6.61 Å². The van der Waals surface area contributed by atoms with Crippen LogP contribution in [-0.4, -0.2) is 56.5 Å². The maximum absolute atomic E-state index is 11.7. The zero-order valence-corrected chi connectivity index (χ0v) is 12.7. The molecule has 0 fully saturated rings. The van der Waals surface area contributed by atoms with E-state index in [0.717, 1.165) is 5.56 Å². The molecule has 1 N–H and O–H groups in total. The lowest BCUT2D eigenvalue weighted by molar-refractivity contribution is -0.139. The summed E-state index contributed by atoms with van der Waals surface area (Å²) in [5.41, 5.74) is 0.871. The summed E-state index contributed by atoms with van der Waals surface area (Å²) in [6.45, 7) is -0.0175. The number of hydrogen-bond donors (Lipinski definition) is 1. The molecule has 0 aromatic heterocycles. The van der Waals surface area contributed by atoms with Crippen LogP contribution in [0.4, 0.5) is 4.79 Å². The number of nitrogens with zero attached hydrogens (tertiary/aromatic N) is 1. The van der Waals surface area contributed by atoms with Crippen molar-refractivity contribution in [3.8, 4) is 0 Å². The van der Waals surface area contributed by atoms with Crippen molar-refractivity contribution >= 4 is 17.8 Å². The van der Waals surface area contributed by atoms with Gasteiger partial charge in [-0.2, -0.15) is 0 Å². The van der Waals surface area contributed by atoms with Gasteiger partial charge in [-0.1, -0.05) is 30.3 Å². The van der Waals surface area contributed by atoms with Gasteiger partial charge < -0.3 is 14.4 Å². The van der Waals surface area contributed by atoms with Gasteiger partial charge in [0.15, 0.2) is 5.78 Å². The highest BCUT2D eigenvalue weighted by molar-refractivity contribution is 5.86. The van der Waals surface area contributed by atoms with Crippen molar-refractivity contribution in [3.63, 3.8) is 0 Å². The predicted octanol–water partition coefficient (Wildman–Crippen LogP) is 0.587. The Morgan fingerprint density at radius 3 is 2.45 bits per heavy atom. The average molecular weight is 308 g/mol. The average Bonchev–Trinajstić information content (AvgIpc) is 2.53. The minimum Gasteiger partial charge on any atom is -0.468 e. The molecule has 0 heterocycles. The number of carbonyl (C=O) groups excluding carboxylic acids is 3. The molecule has 0 radical (unpaired) electrons. The Morgan fingerprint density at radius 1 is 1.14 bits per heavy atom. The Labute approximate surface area is 129 Å². The van der Waals surface area contributed by atoms with E-state index in [-0.39, 0.29) is 32.0 Å². The van der Waals surface area contributed by atoms with Crippen LogP contribution in [0.2, 0.25) is 0 Å². The van der Waals surface area contributed by atoms with Gasteiger partial charge in [0.05, 0.1) is 26.7 Å². The van der Waals surface area contributed by atoms with E-state index < -0.39 is 12.1 Å². The lowest BCUT2D eigenvalue weighted by Crippen LogP contribution is -2.38. The second-order valence-corrected chi connectivity index (χ2v) is 4.61. The van der Waals surface area contributed by atoms with Crippen LogP contribution in [0.5, 0.6) is 0 Å². The number of methoxy groups -OCH3 is 1. The summed E-state index contributed by atoms with van der Waals surface area (Å²) in [5, 5.41) is 2.64. The molecule has 0 aliphatic rings. The van der Waals surface area contributed by atoms with E-state index >= 15 is 0 Å². The summed E-state index contributed by atoms with van der Waals surface area (Å²) in [5.74, 6) is -0.688. The molecule has 0 saturated heterocycles. The van der Waals surface area contributed by atoms with Crippen LogP contribution in [0.1, 0.15) is 5.56 Å². The molecule has 1 aromatic carbocycles. The fourth-order valence-electron chi connectivity index (χ4n) is 1.59. The molecule has 0 bridgehead atoms. The quantitative estimate of drug-likeness (QED) is 0.707. The standard InChI is InChI=1S/C15H20N2O5/c1-17(10-13(18)8-16-9-14(19)21-2)15(20)22-11-12-6-4-3-5-7-12/h3-7,16H,8-11H2,1-2H3. The summed E-state index contributed by atoms with van der Waals surface area (Å²) in [7, 11) is 2.74. The molecule has 0 aliphatic heterocycles. The van der Waals surface area contributed by atoms with Gasteiger partial charge in [0.2, 0.25) is 0 Å². The van der Waals surface area contributed by atoms with Crippen molar-refractivity contribution < 1.29 is 23.9 Å². The highest BCUT2D eigenvalue weighted by Gasteiger charge is 2.14. The van der Waals surface area contributed by atoms with Crippen molar-refractivity contribution in [2.75, 3.05) is 33.8 Å². The summed E-state index contributed by atoms with van der Waals surface area (Å²) in [6.07, 6.45) is -0.579. The second-order valence-electron chi connectivity index (χ2n) is 4.61. The zero-order valence-electron chi connectivity index (χ0n) is 12.7. The summed E-state index contributed by atoms with van der Waals surface area (Å²) >= 11 is 0. The molecule has 0 spiro atoms. The topological polar surface area (TPSA) is 84.9 Å². The van der Waals surface area contributed by atoms with Crippen molar-refractivity contribution in [3.05, 3.63) is 35.9 Å². The van der Waals surface area contributed by atoms with E-state index in [1.54, 1.807) is 0 Å². The molecule has 1 amide bonds. The molecule has 1 aromatic rings. The normalized spacial score (nSPS) is 9.91. The van der Waals surface area contributed by atoms with E-state index in [4.69, 9.17) is 4.74 Å². The van der Waals surface area contributed by atoms with E-state index in [1.165, 1.54) is 19.1 Å². The van der Waals surface area contributed by atoms with Crippen molar-refractivity contribution in [1.82, 2.24) is 10.2 Å². The fraction of sp³-hybridized carbons (Fsp3) is 0.400. The number of amides is 1. The highest BCUT2D eigenvalue weighted by Crippen LogP contribution is 2.02. The number of ketones is 1. The first-order chi connectivity index (χ1) is 10.5. The number of Topliss-reactive ketones (excluding diaryl/α,β-unsaturated/α-hetero) is 1. The largest absolute Gasteiger partial charge is 0.468 e. The lowest BCUT2D eigenvalue weighted by Gasteiger charge is -2.16. The Morgan fingerprint density at radius 2 is 1.82 bits per heavy atom. The Bertz CT molecular complexity index is 504. The zero-order chi connectivity index (χ0) is 16.4. The first-order valence-corrected chi connectivity index (χ1v) is 6.74. The summed E-state index contributed by atoms with van der Waals surface area (Å²) in [6, 6.07) is 9.26. The maximum atomic E-state index is 11.7. The van der Waals surface area contributed by atoms with Crippen LogP contribution >= 0.6 is 0 Å². The smallest absolute Gasteiger partial charge is 0.410 e. The number of hydrogen-bond acceptors (Lipinski definition) is 6. The second kappa shape index (κ2) is 9.51. The maximum Gasteiger partial charge on any atom is 0.410 e. The van der Waals surface area contributed by atoms with Gasteiger partial charge in [-0.3, -0.25) is 14.9 Å². The van der Waals surface area contributed by atoms with Gasteiger partial charge in [-0.15, -0.1) is 0 Å². The molecule has 0 atom stereocenters. The minimum atomic E-state index is -0.579. The molecule has 1 rings (SSSR count).